The minimum atomic E-state index is -0.834. The number of nitrogens with zero attached hydrogens (tertiary/aromatic N) is 1. The zero-order valence-corrected chi connectivity index (χ0v) is 12.1. The third-order valence-corrected chi connectivity index (χ3v) is 3.31. The first-order valence-corrected chi connectivity index (χ1v) is 7.14. The molecule has 1 aromatic carbocycles. The number of aromatic nitrogens is 1. The van der Waals surface area contributed by atoms with Crippen LogP contribution in [0.25, 0.3) is 0 Å². The Labute approximate surface area is 129 Å². The number of carboxylic acids is 1. The number of hydrogen-bond acceptors (Lipinski definition) is 3. The van der Waals surface area contributed by atoms with Crippen molar-refractivity contribution in [3.63, 3.8) is 0 Å². The van der Waals surface area contributed by atoms with E-state index in [1.54, 1.807) is 42.7 Å². The fourth-order valence-corrected chi connectivity index (χ4v) is 2.19. The molecule has 1 aromatic heterocycles. The molecule has 2 rings (SSSR count). The molecule has 0 spiro atoms. The van der Waals surface area contributed by atoms with Crippen molar-refractivity contribution in [1.82, 2.24) is 10.3 Å². The largest absolute Gasteiger partial charge is 0.481 e. The fraction of sp³-hybridized carbons (Fsp3) is 0.235. The lowest BCUT2D eigenvalue weighted by molar-refractivity contribution is -0.137. The van der Waals surface area contributed by atoms with E-state index >= 15 is 0 Å². The van der Waals surface area contributed by atoms with E-state index in [0.717, 1.165) is 5.56 Å². The molecule has 0 aliphatic carbocycles. The quantitative estimate of drug-likeness (QED) is 0.823. The molecule has 5 nitrogen and oxygen atoms in total. The van der Waals surface area contributed by atoms with Crippen LogP contribution in [0.5, 0.6) is 0 Å². The van der Waals surface area contributed by atoms with Gasteiger partial charge in [-0.1, -0.05) is 24.3 Å². The Morgan fingerprint density at radius 1 is 1.14 bits per heavy atom. The Bertz CT molecular complexity index is 614. The van der Waals surface area contributed by atoms with Gasteiger partial charge in [0.05, 0.1) is 6.04 Å². The van der Waals surface area contributed by atoms with Crippen LogP contribution in [-0.2, 0) is 4.79 Å². The molecule has 0 aliphatic rings. The van der Waals surface area contributed by atoms with Crippen LogP contribution in [0.4, 0.5) is 0 Å². The van der Waals surface area contributed by atoms with Crippen LogP contribution in [0.3, 0.4) is 0 Å². The van der Waals surface area contributed by atoms with Gasteiger partial charge in [-0.25, -0.2) is 0 Å². The van der Waals surface area contributed by atoms with E-state index in [4.69, 9.17) is 5.11 Å². The Kier molecular flexibility index (Phi) is 5.65. The minimum absolute atomic E-state index is 0.0813. The molecule has 114 valence electrons. The smallest absolute Gasteiger partial charge is 0.303 e. The maximum Gasteiger partial charge on any atom is 0.303 e. The maximum atomic E-state index is 12.3. The summed E-state index contributed by atoms with van der Waals surface area (Å²) in [6, 6.07) is 12.4. The predicted octanol–water partition coefficient (Wildman–Crippen LogP) is 2.81. The van der Waals surface area contributed by atoms with E-state index in [-0.39, 0.29) is 18.4 Å². The van der Waals surface area contributed by atoms with Crippen molar-refractivity contribution in [3.8, 4) is 0 Å². The molecule has 0 bridgehead atoms. The highest BCUT2D eigenvalue weighted by atomic mass is 16.4. The van der Waals surface area contributed by atoms with Gasteiger partial charge in [0.25, 0.3) is 5.91 Å². The molecule has 2 N–H and O–H groups in total. The summed E-state index contributed by atoms with van der Waals surface area (Å²) in [5.41, 5.74) is 1.45. The third-order valence-electron chi connectivity index (χ3n) is 3.31. The Hall–Kier alpha value is -2.69. The number of carbonyl (C=O) groups is 2. The molecular formula is C17H18N2O3. The van der Waals surface area contributed by atoms with Crippen molar-refractivity contribution in [1.29, 1.82) is 0 Å². The summed E-state index contributed by atoms with van der Waals surface area (Å²) in [6.45, 7) is 0. The van der Waals surface area contributed by atoms with Gasteiger partial charge in [0.2, 0.25) is 0 Å². The zero-order valence-electron chi connectivity index (χ0n) is 12.1. The van der Waals surface area contributed by atoms with Crippen LogP contribution >= 0.6 is 0 Å². The van der Waals surface area contributed by atoms with E-state index in [1.165, 1.54) is 0 Å². The van der Waals surface area contributed by atoms with Gasteiger partial charge in [-0.05, 0) is 36.6 Å². The molecule has 1 amide bonds. The second-order valence-electron chi connectivity index (χ2n) is 4.96. The van der Waals surface area contributed by atoms with E-state index in [0.29, 0.717) is 18.4 Å². The number of amides is 1. The summed E-state index contributed by atoms with van der Waals surface area (Å²) in [6.07, 6.45) is 4.48. The normalized spacial score (nSPS) is 11.6. The lowest BCUT2D eigenvalue weighted by Gasteiger charge is -2.18. The van der Waals surface area contributed by atoms with Crippen molar-refractivity contribution in [2.45, 2.75) is 25.3 Å². The summed E-state index contributed by atoms with van der Waals surface area (Å²) in [4.78, 5) is 27.0. The van der Waals surface area contributed by atoms with E-state index in [1.807, 2.05) is 12.1 Å². The monoisotopic (exact) mass is 298 g/mol. The van der Waals surface area contributed by atoms with Crippen molar-refractivity contribution in [2.24, 2.45) is 0 Å². The Balaban J connectivity index is 2.07. The molecular weight excluding hydrogens is 280 g/mol. The summed E-state index contributed by atoms with van der Waals surface area (Å²) in [5, 5.41) is 11.7. The van der Waals surface area contributed by atoms with Gasteiger partial charge in [-0.15, -0.1) is 0 Å². The number of aliphatic carboxylic acids is 1. The molecule has 5 heteroatoms. The highest BCUT2D eigenvalue weighted by molar-refractivity contribution is 5.94. The van der Waals surface area contributed by atoms with E-state index in [2.05, 4.69) is 10.3 Å². The van der Waals surface area contributed by atoms with E-state index < -0.39 is 5.97 Å². The van der Waals surface area contributed by atoms with Crippen molar-refractivity contribution >= 4 is 11.9 Å². The first-order chi connectivity index (χ1) is 10.7. The molecule has 0 saturated heterocycles. The van der Waals surface area contributed by atoms with Crippen LogP contribution < -0.4 is 5.32 Å². The third kappa shape index (κ3) is 4.70. The molecule has 1 unspecified atom stereocenters. The lowest BCUT2D eigenvalue weighted by atomic mass is 10.0. The molecule has 0 saturated carbocycles. The molecule has 0 aliphatic heterocycles. The fourth-order valence-electron chi connectivity index (χ4n) is 2.19. The first kappa shape index (κ1) is 15.7. The average molecular weight is 298 g/mol. The minimum Gasteiger partial charge on any atom is -0.481 e. The lowest BCUT2D eigenvalue weighted by Crippen LogP contribution is -2.28. The summed E-state index contributed by atoms with van der Waals surface area (Å²) >= 11 is 0. The predicted molar refractivity (Wildman–Crippen MR) is 82.4 cm³/mol. The van der Waals surface area contributed by atoms with Crippen molar-refractivity contribution in [3.05, 3.63) is 66.0 Å². The van der Waals surface area contributed by atoms with Crippen LogP contribution in [0.15, 0.2) is 54.9 Å². The number of carboxylic acid groups (broad SMARTS) is 1. The molecule has 0 fully saturated rings. The number of pyridine rings is 1. The van der Waals surface area contributed by atoms with E-state index in [9.17, 15) is 9.59 Å². The van der Waals surface area contributed by atoms with Crippen LogP contribution in [0.2, 0.25) is 0 Å². The van der Waals surface area contributed by atoms with Crippen LogP contribution in [0.1, 0.15) is 41.2 Å². The van der Waals surface area contributed by atoms with Gasteiger partial charge in [-0.2, -0.15) is 0 Å². The molecule has 2 aromatic rings. The number of rotatable bonds is 7. The van der Waals surface area contributed by atoms with Gasteiger partial charge in [-0.3, -0.25) is 14.6 Å². The highest BCUT2D eigenvalue weighted by Crippen LogP contribution is 2.19. The van der Waals surface area contributed by atoms with Crippen molar-refractivity contribution < 1.29 is 14.7 Å². The highest BCUT2D eigenvalue weighted by Gasteiger charge is 2.16. The molecule has 1 heterocycles. The first-order valence-electron chi connectivity index (χ1n) is 7.14. The van der Waals surface area contributed by atoms with Gasteiger partial charge in [0, 0.05) is 24.4 Å². The maximum absolute atomic E-state index is 12.3. The summed E-state index contributed by atoms with van der Waals surface area (Å²) in [5.74, 6) is -1.01. The topological polar surface area (TPSA) is 79.3 Å². The van der Waals surface area contributed by atoms with Crippen molar-refractivity contribution in [2.75, 3.05) is 0 Å². The number of carbonyl (C=O) groups excluding carboxylic acids is 1. The van der Waals surface area contributed by atoms with Gasteiger partial charge >= 0.3 is 5.97 Å². The molecule has 1 atom stereocenters. The molecule has 22 heavy (non-hydrogen) atoms. The zero-order chi connectivity index (χ0) is 15.8. The number of nitrogens with one attached hydrogen (secondary N) is 1. The SMILES string of the molecule is O=C(O)CCCC(NC(=O)c1ccccc1)c1cccnc1. The number of benzene rings is 1. The summed E-state index contributed by atoms with van der Waals surface area (Å²) in [7, 11) is 0. The second-order valence-corrected chi connectivity index (χ2v) is 4.96. The summed E-state index contributed by atoms with van der Waals surface area (Å²) < 4.78 is 0. The molecule has 0 radical (unpaired) electrons. The Morgan fingerprint density at radius 2 is 1.91 bits per heavy atom. The Morgan fingerprint density at radius 3 is 2.55 bits per heavy atom. The van der Waals surface area contributed by atoms with Gasteiger partial charge in [0.1, 0.15) is 0 Å². The average Bonchev–Trinajstić information content (AvgIpc) is 2.55. The second kappa shape index (κ2) is 7.93. The standard InChI is InChI=1S/C17H18N2O3/c20-16(21)10-4-9-15(14-8-5-11-18-12-14)19-17(22)13-6-2-1-3-7-13/h1-3,5-8,11-12,15H,4,9-10H2,(H,19,22)(H,20,21). The van der Waals surface area contributed by atoms with Crippen LogP contribution in [0, 0.1) is 0 Å². The van der Waals surface area contributed by atoms with Crippen LogP contribution in [-0.4, -0.2) is 22.0 Å². The number of hydrogen-bond donors (Lipinski definition) is 2. The van der Waals surface area contributed by atoms with Gasteiger partial charge in [0.15, 0.2) is 0 Å². The van der Waals surface area contributed by atoms with Gasteiger partial charge < -0.3 is 10.4 Å².